The molecule has 0 N–H and O–H groups in total. The highest BCUT2D eigenvalue weighted by molar-refractivity contribution is 6.43. The molecule has 3 rings (SSSR count). The molecule has 21 heavy (non-hydrogen) atoms. The topological polar surface area (TPSA) is 45.4 Å². The van der Waals surface area contributed by atoms with Crippen LogP contribution in [0, 0.1) is 6.92 Å². The number of hydrogen-bond donors (Lipinski definition) is 0. The highest BCUT2D eigenvalue weighted by Gasteiger charge is 2.21. The predicted molar refractivity (Wildman–Crippen MR) is 83.0 cm³/mol. The Morgan fingerprint density at radius 3 is 2.57 bits per heavy atom. The number of aryl methyl sites for hydroxylation is 1. The summed E-state index contributed by atoms with van der Waals surface area (Å²) in [6.45, 7) is 6.13. The highest BCUT2D eigenvalue weighted by Crippen LogP contribution is 2.32. The second-order valence-electron chi connectivity index (χ2n) is 5.05. The van der Waals surface area contributed by atoms with Gasteiger partial charge in [-0.25, -0.2) is 0 Å². The van der Waals surface area contributed by atoms with E-state index >= 15 is 0 Å². The van der Waals surface area contributed by atoms with E-state index in [1.54, 1.807) is 6.92 Å². The maximum absolute atomic E-state index is 6.27. The van der Waals surface area contributed by atoms with E-state index in [-0.39, 0.29) is 0 Å². The molecule has 1 saturated heterocycles. The van der Waals surface area contributed by atoms with Gasteiger partial charge in [-0.15, -0.1) is 10.2 Å². The summed E-state index contributed by atoms with van der Waals surface area (Å²) in [6.07, 6.45) is 0. The summed E-state index contributed by atoms with van der Waals surface area (Å²) in [4.78, 5) is 4.55. The SMILES string of the molecule is Cc1nnc(CN2CCN(c3cccc(Cl)c3Cl)CC2)o1. The molecule has 1 fully saturated rings. The summed E-state index contributed by atoms with van der Waals surface area (Å²) in [5.41, 5.74) is 0.998. The molecule has 2 aromatic rings. The van der Waals surface area contributed by atoms with E-state index < -0.39 is 0 Å². The average Bonchev–Trinajstić information content (AvgIpc) is 2.88. The number of benzene rings is 1. The van der Waals surface area contributed by atoms with Crippen LogP contribution in [0.25, 0.3) is 0 Å². The maximum Gasteiger partial charge on any atom is 0.230 e. The van der Waals surface area contributed by atoms with Crippen molar-refractivity contribution in [1.29, 1.82) is 0 Å². The van der Waals surface area contributed by atoms with Crippen molar-refractivity contribution < 1.29 is 4.42 Å². The van der Waals surface area contributed by atoms with Gasteiger partial charge in [-0.2, -0.15) is 0 Å². The van der Waals surface area contributed by atoms with Crippen LogP contribution in [0.1, 0.15) is 11.8 Å². The highest BCUT2D eigenvalue weighted by atomic mass is 35.5. The summed E-state index contributed by atoms with van der Waals surface area (Å²) in [7, 11) is 0. The molecule has 0 amide bonds. The van der Waals surface area contributed by atoms with Gasteiger partial charge in [-0.1, -0.05) is 29.3 Å². The second kappa shape index (κ2) is 6.22. The van der Waals surface area contributed by atoms with Crippen molar-refractivity contribution in [2.45, 2.75) is 13.5 Å². The van der Waals surface area contributed by atoms with Crippen molar-refractivity contribution in [3.8, 4) is 0 Å². The van der Waals surface area contributed by atoms with Gasteiger partial charge in [0.25, 0.3) is 0 Å². The molecule has 0 radical (unpaired) electrons. The van der Waals surface area contributed by atoms with E-state index in [9.17, 15) is 0 Å². The number of anilines is 1. The van der Waals surface area contributed by atoms with Crippen LogP contribution < -0.4 is 4.90 Å². The fraction of sp³-hybridized carbons (Fsp3) is 0.429. The first-order valence-electron chi connectivity index (χ1n) is 6.84. The lowest BCUT2D eigenvalue weighted by atomic mass is 10.2. The molecule has 1 aliphatic heterocycles. The van der Waals surface area contributed by atoms with Gasteiger partial charge < -0.3 is 9.32 Å². The number of aromatic nitrogens is 2. The monoisotopic (exact) mass is 326 g/mol. The van der Waals surface area contributed by atoms with Gasteiger partial charge in [0.1, 0.15) is 0 Å². The molecular weight excluding hydrogens is 311 g/mol. The standard InChI is InChI=1S/C14H16Cl2N4O/c1-10-17-18-13(21-10)9-19-5-7-20(8-6-19)12-4-2-3-11(15)14(12)16/h2-4H,5-9H2,1H3. The Kier molecular flexibility index (Phi) is 4.33. The van der Waals surface area contributed by atoms with Crippen LogP contribution in [0.3, 0.4) is 0 Å². The molecule has 0 spiro atoms. The van der Waals surface area contributed by atoms with Crippen LogP contribution in [0.2, 0.25) is 10.0 Å². The molecule has 1 aromatic carbocycles. The van der Waals surface area contributed by atoms with Gasteiger partial charge in [-0.3, -0.25) is 4.90 Å². The fourth-order valence-electron chi connectivity index (χ4n) is 2.48. The van der Waals surface area contributed by atoms with E-state index in [0.29, 0.717) is 28.4 Å². The number of piperazine rings is 1. The minimum atomic E-state index is 0.595. The summed E-state index contributed by atoms with van der Waals surface area (Å²) in [5, 5.41) is 9.10. The molecule has 0 unspecified atom stereocenters. The molecule has 0 atom stereocenters. The third-order valence-electron chi connectivity index (χ3n) is 3.57. The van der Waals surface area contributed by atoms with Gasteiger partial charge >= 0.3 is 0 Å². The lowest BCUT2D eigenvalue weighted by Gasteiger charge is -2.35. The first kappa shape index (κ1) is 14.6. The minimum Gasteiger partial charge on any atom is -0.424 e. The lowest BCUT2D eigenvalue weighted by molar-refractivity contribution is 0.225. The predicted octanol–water partition coefficient (Wildman–Crippen LogP) is 3.01. The molecule has 5 nitrogen and oxygen atoms in total. The third-order valence-corrected chi connectivity index (χ3v) is 4.38. The maximum atomic E-state index is 6.27. The Hall–Kier alpha value is -1.30. The van der Waals surface area contributed by atoms with Crippen molar-refractivity contribution in [2.75, 3.05) is 31.1 Å². The normalized spacial score (nSPS) is 16.4. The minimum absolute atomic E-state index is 0.595. The zero-order valence-corrected chi connectivity index (χ0v) is 13.2. The van der Waals surface area contributed by atoms with Crippen LogP contribution in [0.15, 0.2) is 22.6 Å². The molecule has 1 aromatic heterocycles. The quantitative estimate of drug-likeness (QED) is 0.867. The van der Waals surface area contributed by atoms with Gasteiger partial charge in [0, 0.05) is 33.1 Å². The number of hydrogen-bond acceptors (Lipinski definition) is 5. The third kappa shape index (κ3) is 3.31. The number of nitrogens with zero attached hydrogens (tertiary/aromatic N) is 4. The van der Waals surface area contributed by atoms with Gasteiger partial charge in [0.05, 0.1) is 22.3 Å². The Morgan fingerprint density at radius 2 is 1.90 bits per heavy atom. The molecule has 0 saturated carbocycles. The van der Waals surface area contributed by atoms with Crippen LogP contribution in [-0.4, -0.2) is 41.3 Å². The van der Waals surface area contributed by atoms with Crippen molar-refractivity contribution in [2.24, 2.45) is 0 Å². The van der Waals surface area contributed by atoms with Crippen LogP contribution in [0.5, 0.6) is 0 Å². The second-order valence-corrected chi connectivity index (χ2v) is 5.84. The van der Waals surface area contributed by atoms with Crippen LogP contribution in [0.4, 0.5) is 5.69 Å². The summed E-state index contributed by atoms with van der Waals surface area (Å²) < 4.78 is 5.42. The smallest absolute Gasteiger partial charge is 0.230 e. The first-order valence-corrected chi connectivity index (χ1v) is 7.59. The zero-order valence-electron chi connectivity index (χ0n) is 11.7. The van der Waals surface area contributed by atoms with Gasteiger partial charge in [-0.05, 0) is 12.1 Å². The van der Waals surface area contributed by atoms with E-state index in [1.807, 2.05) is 18.2 Å². The van der Waals surface area contributed by atoms with Crippen molar-refractivity contribution in [3.63, 3.8) is 0 Å². The molecular formula is C14H16Cl2N4O. The first-order chi connectivity index (χ1) is 10.1. The molecule has 7 heteroatoms. The van der Waals surface area contributed by atoms with Crippen molar-refractivity contribution in [1.82, 2.24) is 15.1 Å². The molecule has 112 valence electrons. The zero-order chi connectivity index (χ0) is 14.8. The summed E-state index contributed by atoms with van der Waals surface area (Å²) in [6, 6.07) is 5.74. The van der Waals surface area contributed by atoms with Gasteiger partial charge in [0.2, 0.25) is 11.8 Å². The Morgan fingerprint density at radius 1 is 1.14 bits per heavy atom. The molecule has 0 bridgehead atoms. The van der Waals surface area contributed by atoms with Crippen LogP contribution >= 0.6 is 23.2 Å². The Balaban J connectivity index is 1.61. The number of halogens is 2. The van der Waals surface area contributed by atoms with E-state index in [2.05, 4.69) is 20.0 Å². The lowest BCUT2D eigenvalue weighted by Crippen LogP contribution is -2.46. The molecule has 2 heterocycles. The van der Waals surface area contributed by atoms with Crippen molar-refractivity contribution in [3.05, 3.63) is 40.0 Å². The largest absolute Gasteiger partial charge is 0.424 e. The molecule has 0 aliphatic carbocycles. The number of rotatable bonds is 3. The van der Waals surface area contributed by atoms with E-state index in [1.165, 1.54) is 0 Å². The Bertz CT molecular complexity index is 623. The van der Waals surface area contributed by atoms with Crippen LogP contribution in [-0.2, 0) is 6.54 Å². The van der Waals surface area contributed by atoms with E-state index in [4.69, 9.17) is 27.6 Å². The summed E-state index contributed by atoms with van der Waals surface area (Å²) >= 11 is 12.3. The summed E-state index contributed by atoms with van der Waals surface area (Å²) in [5.74, 6) is 1.27. The fourth-order valence-corrected chi connectivity index (χ4v) is 2.89. The van der Waals surface area contributed by atoms with E-state index in [0.717, 1.165) is 31.9 Å². The van der Waals surface area contributed by atoms with Crippen molar-refractivity contribution >= 4 is 28.9 Å². The van der Waals surface area contributed by atoms with Gasteiger partial charge in [0.15, 0.2) is 0 Å². The average molecular weight is 327 g/mol. The molecule has 1 aliphatic rings. The Labute approximate surface area is 133 Å².